The van der Waals surface area contributed by atoms with Crippen LogP contribution >= 0.6 is 34.2 Å². The minimum absolute atomic E-state index is 0.109. The Balaban J connectivity index is 2.09. The highest BCUT2D eigenvalue weighted by molar-refractivity contribution is 14.1. The molecule has 2 aromatic carbocycles. The molecule has 2 aromatic rings. The van der Waals surface area contributed by atoms with Crippen LogP contribution in [-0.4, -0.2) is 26.2 Å². The van der Waals surface area contributed by atoms with Crippen LogP contribution in [0, 0.1) is 9.39 Å². The second kappa shape index (κ2) is 8.47. The van der Waals surface area contributed by atoms with Crippen molar-refractivity contribution in [2.24, 2.45) is 0 Å². The van der Waals surface area contributed by atoms with E-state index in [2.05, 4.69) is 5.32 Å². The van der Waals surface area contributed by atoms with Crippen molar-refractivity contribution in [2.45, 2.75) is 0 Å². The summed E-state index contributed by atoms with van der Waals surface area (Å²) in [4.78, 5) is 12.2. The van der Waals surface area contributed by atoms with E-state index in [9.17, 15) is 9.18 Å². The molecule has 1 N–H and O–H groups in total. The summed E-state index contributed by atoms with van der Waals surface area (Å²) in [7, 11) is 1.54. The molecule has 2 rings (SSSR count). The van der Waals surface area contributed by atoms with Gasteiger partial charge in [0.05, 0.1) is 12.2 Å². The van der Waals surface area contributed by atoms with E-state index in [1.54, 1.807) is 24.3 Å². The number of carbonyl (C=O) groups is 1. The average molecular weight is 450 g/mol. The zero-order valence-corrected chi connectivity index (χ0v) is 15.2. The van der Waals surface area contributed by atoms with Crippen molar-refractivity contribution in [1.29, 1.82) is 0 Å². The highest BCUT2D eigenvalue weighted by Crippen LogP contribution is 2.23. The molecule has 0 spiro atoms. The number of carbonyl (C=O) groups excluding carboxylic acids is 1. The summed E-state index contributed by atoms with van der Waals surface area (Å²) in [5.41, 5.74) is 0.765. The maximum absolute atomic E-state index is 13.9. The topological polar surface area (TPSA) is 47.6 Å². The number of hydrogen-bond acceptors (Lipinski definition) is 3. The Labute approximate surface area is 152 Å². The van der Waals surface area contributed by atoms with Crippen molar-refractivity contribution >= 4 is 45.8 Å². The SMILES string of the molecule is COCCOc1ccc(NC(=O)c2cc(Cl)ccc2I)cc1F. The predicted molar refractivity (Wildman–Crippen MR) is 95.9 cm³/mol. The van der Waals surface area contributed by atoms with Gasteiger partial charge in [-0.15, -0.1) is 0 Å². The lowest BCUT2D eigenvalue weighted by Crippen LogP contribution is -2.14. The van der Waals surface area contributed by atoms with Crippen molar-refractivity contribution in [3.8, 4) is 5.75 Å². The molecular weight excluding hydrogens is 436 g/mol. The fourth-order valence-electron chi connectivity index (χ4n) is 1.80. The second-order valence-corrected chi connectivity index (χ2v) is 6.16. The molecule has 0 saturated heterocycles. The van der Waals surface area contributed by atoms with E-state index in [1.807, 2.05) is 22.6 Å². The van der Waals surface area contributed by atoms with Gasteiger partial charge in [-0.05, 0) is 52.9 Å². The number of ether oxygens (including phenoxy) is 2. The molecule has 0 unspecified atom stereocenters. The summed E-state index contributed by atoms with van der Waals surface area (Å²) in [5, 5.41) is 3.10. The third-order valence-electron chi connectivity index (χ3n) is 2.91. The first-order valence-corrected chi connectivity index (χ1v) is 8.14. The van der Waals surface area contributed by atoms with Crippen LogP contribution in [0.25, 0.3) is 0 Å². The number of rotatable bonds is 6. The molecule has 122 valence electrons. The van der Waals surface area contributed by atoms with Gasteiger partial charge in [-0.1, -0.05) is 11.6 Å². The Bertz CT molecular complexity index is 712. The monoisotopic (exact) mass is 449 g/mol. The van der Waals surface area contributed by atoms with Crippen LogP contribution in [-0.2, 0) is 4.74 Å². The highest BCUT2D eigenvalue weighted by Gasteiger charge is 2.12. The fraction of sp³-hybridized carbons (Fsp3) is 0.188. The number of benzene rings is 2. The lowest BCUT2D eigenvalue weighted by atomic mass is 10.2. The summed E-state index contributed by atoms with van der Waals surface area (Å²) < 4.78 is 24.7. The molecule has 0 radical (unpaired) electrons. The summed E-state index contributed by atoms with van der Waals surface area (Å²) in [6, 6.07) is 9.25. The smallest absolute Gasteiger partial charge is 0.256 e. The first-order valence-electron chi connectivity index (χ1n) is 6.69. The van der Waals surface area contributed by atoms with E-state index >= 15 is 0 Å². The molecule has 0 aliphatic rings. The van der Waals surface area contributed by atoms with Gasteiger partial charge in [0.1, 0.15) is 6.61 Å². The minimum Gasteiger partial charge on any atom is -0.488 e. The summed E-state index contributed by atoms with van der Waals surface area (Å²) in [6.07, 6.45) is 0. The van der Waals surface area contributed by atoms with Crippen molar-refractivity contribution in [2.75, 3.05) is 25.6 Å². The van der Waals surface area contributed by atoms with Crippen LogP contribution in [0.4, 0.5) is 10.1 Å². The molecule has 0 aromatic heterocycles. The predicted octanol–water partition coefficient (Wildman–Crippen LogP) is 4.36. The van der Waals surface area contributed by atoms with Gasteiger partial charge in [0.15, 0.2) is 11.6 Å². The maximum atomic E-state index is 13.9. The number of amides is 1. The van der Waals surface area contributed by atoms with E-state index in [0.29, 0.717) is 22.9 Å². The molecule has 0 saturated carbocycles. The standard InChI is InChI=1S/C16H14ClFINO3/c1-22-6-7-23-15-5-3-11(9-13(15)18)20-16(21)12-8-10(17)2-4-14(12)19/h2-5,8-9H,6-7H2,1H3,(H,20,21). The van der Waals surface area contributed by atoms with Crippen molar-refractivity contribution in [1.82, 2.24) is 0 Å². The van der Waals surface area contributed by atoms with E-state index in [-0.39, 0.29) is 18.3 Å². The first-order chi connectivity index (χ1) is 11.0. The van der Waals surface area contributed by atoms with E-state index in [4.69, 9.17) is 21.1 Å². The highest BCUT2D eigenvalue weighted by atomic mass is 127. The molecule has 0 atom stereocenters. The van der Waals surface area contributed by atoms with Gasteiger partial charge in [-0.25, -0.2) is 4.39 Å². The van der Waals surface area contributed by atoms with E-state index in [1.165, 1.54) is 19.2 Å². The Hall–Kier alpha value is -1.38. The van der Waals surface area contributed by atoms with Crippen LogP contribution < -0.4 is 10.1 Å². The van der Waals surface area contributed by atoms with E-state index in [0.717, 1.165) is 3.57 Å². The molecule has 7 heteroatoms. The molecule has 4 nitrogen and oxygen atoms in total. The molecule has 0 bridgehead atoms. The van der Waals surface area contributed by atoms with Crippen LogP contribution in [0.15, 0.2) is 36.4 Å². The Morgan fingerprint density at radius 3 is 2.74 bits per heavy atom. The van der Waals surface area contributed by atoms with Crippen LogP contribution in [0.5, 0.6) is 5.75 Å². The third kappa shape index (κ3) is 5.05. The number of anilines is 1. The Morgan fingerprint density at radius 2 is 2.04 bits per heavy atom. The fourth-order valence-corrected chi connectivity index (χ4v) is 2.55. The molecule has 0 aliphatic heterocycles. The van der Waals surface area contributed by atoms with Gasteiger partial charge in [0, 0.05) is 27.5 Å². The quantitative estimate of drug-likeness (QED) is 0.527. The van der Waals surface area contributed by atoms with Gasteiger partial charge in [0.25, 0.3) is 5.91 Å². The molecular formula is C16H14ClFINO3. The summed E-state index contributed by atoms with van der Waals surface area (Å²) in [5.74, 6) is -0.804. The van der Waals surface area contributed by atoms with Gasteiger partial charge in [0.2, 0.25) is 0 Å². The van der Waals surface area contributed by atoms with Crippen LogP contribution in [0.3, 0.4) is 0 Å². The molecule has 0 aliphatic carbocycles. The Morgan fingerprint density at radius 1 is 1.26 bits per heavy atom. The molecule has 0 fully saturated rings. The third-order valence-corrected chi connectivity index (χ3v) is 4.08. The van der Waals surface area contributed by atoms with Crippen LogP contribution in [0.1, 0.15) is 10.4 Å². The second-order valence-electron chi connectivity index (χ2n) is 4.56. The number of hydrogen-bond donors (Lipinski definition) is 1. The Kier molecular flexibility index (Phi) is 6.61. The van der Waals surface area contributed by atoms with Gasteiger partial charge in [-0.3, -0.25) is 4.79 Å². The molecule has 23 heavy (non-hydrogen) atoms. The van der Waals surface area contributed by atoms with Gasteiger partial charge in [-0.2, -0.15) is 0 Å². The number of nitrogens with one attached hydrogen (secondary N) is 1. The average Bonchev–Trinajstić information content (AvgIpc) is 2.52. The minimum atomic E-state index is -0.556. The lowest BCUT2D eigenvalue weighted by molar-refractivity contribution is 0.102. The molecule has 1 amide bonds. The van der Waals surface area contributed by atoms with Crippen molar-refractivity contribution in [3.05, 3.63) is 56.4 Å². The van der Waals surface area contributed by atoms with E-state index < -0.39 is 5.82 Å². The lowest BCUT2D eigenvalue weighted by Gasteiger charge is -2.10. The summed E-state index contributed by atoms with van der Waals surface area (Å²) >= 11 is 7.94. The molecule has 0 heterocycles. The van der Waals surface area contributed by atoms with Crippen molar-refractivity contribution in [3.63, 3.8) is 0 Å². The maximum Gasteiger partial charge on any atom is 0.256 e. The number of halogens is 3. The number of methoxy groups -OCH3 is 1. The normalized spacial score (nSPS) is 10.4. The van der Waals surface area contributed by atoms with Gasteiger partial charge < -0.3 is 14.8 Å². The first kappa shape index (κ1) is 18.0. The zero-order chi connectivity index (χ0) is 16.8. The van der Waals surface area contributed by atoms with Crippen LogP contribution in [0.2, 0.25) is 5.02 Å². The van der Waals surface area contributed by atoms with Gasteiger partial charge >= 0.3 is 0 Å². The van der Waals surface area contributed by atoms with Crippen molar-refractivity contribution < 1.29 is 18.7 Å². The largest absolute Gasteiger partial charge is 0.488 e. The summed E-state index contributed by atoms with van der Waals surface area (Å²) in [6.45, 7) is 0.616. The zero-order valence-electron chi connectivity index (χ0n) is 12.2.